The lowest BCUT2D eigenvalue weighted by molar-refractivity contribution is 0.481. The lowest BCUT2D eigenvalue weighted by atomic mass is 10.2. The first-order valence-electron chi connectivity index (χ1n) is 9.71. The van der Waals surface area contributed by atoms with Crippen molar-refractivity contribution in [1.82, 2.24) is 15.0 Å². The average Bonchev–Trinajstić information content (AvgIpc) is 3.19. The van der Waals surface area contributed by atoms with Gasteiger partial charge in [-0.1, -0.05) is 24.6 Å². The van der Waals surface area contributed by atoms with Crippen molar-refractivity contribution < 1.29 is 4.42 Å². The van der Waals surface area contributed by atoms with Gasteiger partial charge in [-0.25, -0.2) is 15.0 Å². The SMILES string of the molecule is CCc1nc(C#N)c(N2CCN(c3cc(Nc4ccc(C)cc4)ncn3)CC2)o1. The first-order chi connectivity index (χ1) is 14.2. The van der Waals surface area contributed by atoms with E-state index in [2.05, 4.69) is 55.2 Å². The molecule has 1 saturated heterocycles. The van der Waals surface area contributed by atoms with Crippen LogP contribution in [0.3, 0.4) is 0 Å². The second-order valence-electron chi connectivity index (χ2n) is 6.95. The average molecular weight is 389 g/mol. The monoisotopic (exact) mass is 389 g/mol. The van der Waals surface area contributed by atoms with Crippen molar-refractivity contribution in [3.8, 4) is 6.07 Å². The van der Waals surface area contributed by atoms with E-state index in [0.717, 1.165) is 43.5 Å². The molecule has 1 aliphatic heterocycles. The molecule has 29 heavy (non-hydrogen) atoms. The number of hydrogen-bond acceptors (Lipinski definition) is 8. The molecule has 1 fully saturated rings. The van der Waals surface area contributed by atoms with Gasteiger partial charge in [0.05, 0.1) is 0 Å². The van der Waals surface area contributed by atoms with E-state index in [1.165, 1.54) is 5.56 Å². The number of anilines is 4. The summed E-state index contributed by atoms with van der Waals surface area (Å²) in [4.78, 5) is 17.3. The van der Waals surface area contributed by atoms with E-state index in [0.29, 0.717) is 23.9 Å². The maximum absolute atomic E-state index is 9.32. The van der Waals surface area contributed by atoms with Crippen molar-refractivity contribution in [1.29, 1.82) is 5.26 Å². The zero-order valence-corrected chi connectivity index (χ0v) is 16.6. The predicted molar refractivity (Wildman–Crippen MR) is 112 cm³/mol. The normalized spacial score (nSPS) is 14.0. The summed E-state index contributed by atoms with van der Waals surface area (Å²) < 4.78 is 5.77. The maximum atomic E-state index is 9.32. The predicted octanol–water partition coefficient (Wildman–Crippen LogP) is 3.28. The molecule has 0 amide bonds. The van der Waals surface area contributed by atoms with E-state index in [1.807, 2.05) is 25.1 Å². The van der Waals surface area contributed by atoms with Gasteiger partial charge < -0.3 is 19.5 Å². The fraction of sp³-hybridized carbons (Fsp3) is 0.333. The molecule has 8 nitrogen and oxygen atoms in total. The Morgan fingerprint density at radius 1 is 1.10 bits per heavy atom. The Morgan fingerprint density at radius 3 is 2.52 bits per heavy atom. The summed E-state index contributed by atoms with van der Waals surface area (Å²) in [6, 6.07) is 12.3. The molecule has 0 saturated carbocycles. The standard InChI is InChI=1S/C21H23N7O/c1-3-20-26-17(13-22)21(29-20)28-10-8-27(9-11-28)19-12-18(23-14-24-19)25-16-6-4-15(2)5-7-16/h4-7,12,14H,3,8-11H2,1-2H3,(H,23,24,25). The first-order valence-corrected chi connectivity index (χ1v) is 9.71. The molecule has 0 unspecified atom stereocenters. The van der Waals surface area contributed by atoms with Crippen LogP contribution in [0.1, 0.15) is 24.1 Å². The molecule has 4 rings (SSSR count). The van der Waals surface area contributed by atoms with Gasteiger partial charge in [0.25, 0.3) is 0 Å². The van der Waals surface area contributed by atoms with Gasteiger partial charge in [0.1, 0.15) is 24.0 Å². The number of aryl methyl sites for hydroxylation is 2. The van der Waals surface area contributed by atoms with Crippen molar-refractivity contribution in [2.24, 2.45) is 0 Å². The van der Waals surface area contributed by atoms with Crippen LogP contribution < -0.4 is 15.1 Å². The molecule has 0 aliphatic carbocycles. The molecule has 0 bridgehead atoms. The molecule has 0 atom stereocenters. The van der Waals surface area contributed by atoms with Crippen molar-refractivity contribution in [2.45, 2.75) is 20.3 Å². The number of nitriles is 1. The van der Waals surface area contributed by atoms with Gasteiger partial charge in [0.2, 0.25) is 11.6 Å². The van der Waals surface area contributed by atoms with Gasteiger partial charge in [0.15, 0.2) is 5.89 Å². The number of nitrogens with zero attached hydrogens (tertiary/aromatic N) is 6. The Hall–Kier alpha value is -3.60. The summed E-state index contributed by atoms with van der Waals surface area (Å²) in [7, 11) is 0. The number of oxazole rings is 1. The largest absolute Gasteiger partial charge is 0.424 e. The Balaban J connectivity index is 1.43. The third-order valence-corrected chi connectivity index (χ3v) is 4.93. The number of benzene rings is 1. The van der Waals surface area contributed by atoms with Gasteiger partial charge in [-0.3, -0.25) is 0 Å². The minimum absolute atomic E-state index is 0.363. The molecule has 1 aromatic carbocycles. The van der Waals surface area contributed by atoms with E-state index in [4.69, 9.17) is 4.42 Å². The minimum Gasteiger partial charge on any atom is -0.424 e. The smallest absolute Gasteiger partial charge is 0.234 e. The zero-order chi connectivity index (χ0) is 20.2. The van der Waals surface area contributed by atoms with E-state index in [-0.39, 0.29) is 0 Å². The summed E-state index contributed by atoms with van der Waals surface area (Å²) >= 11 is 0. The van der Waals surface area contributed by atoms with Crippen LogP contribution in [0.15, 0.2) is 41.1 Å². The van der Waals surface area contributed by atoms with Crippen LogP contribution in [-0.4, -0.2) is 41.1 Å². The van der Waals surface area contributed by atoms with Crippen LogP contribution in [0.5, 0.6) is 0 Å². The Kier molecular flexibility index (Phi) is 5.29. The van der Waals surface area contributed by atoms with Crippen LogP contribution >= 0.6 is 0 Å². The Bertz CT molecular complexity index is 1010. The van der Waals surface area contributed by atoms with Crippen LogP contribution in [0.2, 0.25) is 0 Å². The molecule has 148 valence electrons. The van der Waals surface area contributed by atoms with Gasteiger partial charge in [-0.15, -0.1) is 0 Å². The van der Waals surface area contributed by atoms with Crippen molar-refractivity contribution in [3.63, 3.8) is 0 Å². The molecule has 0 radical (unpaired) electrons. The molecule has 1 aliphatic rings. The lowest BCUT2D eigenvalue weighted by Gasteiger charge is -2.35. The van der Waals surface area contributed by atoms with E-state index < -0.39 is 0 Å². The van der Waals surface area contributed by atoms with Gasteiger partial charge in [0, 0.05) is 44.4 Å². The first kappa shape index (κ1) is 18.7. The zero-order valence-electron chi connectivity index (χ0n) is 16.6. The highest BCUT2D eigenvalue weighted by Crippen LogP contribution is 2.25. The van der Waals surface area contributed by atoms with Crippen molar-refractivity contribution in [3.05, 3.63) is 53.8 Å². The van der Waals surface area contributed by atoms with Crippen molar-refractivity contribution in [2.75, 3.05) is 41.3 Å². The number of rotatable bonds is 5. The van der Waals surface area contributed by atoms with Crippen LogP contribution in [0.4, 0.5) is 23.2 Å². The van der Waals surface area contributed by atoms with E-state index in [1.54, 1.807) is 6.33 Å². The van der Waals surface area contributed by atoms with Crippen LogP contribution in [0, 0.1) is 18.3 Å². The van der Waals surface area contributed by atoms with Crippen LogP contribution in [0.25, 0.3) is 0 Å². The van der Waals surface area contributed by atoms with Crippen molar-refractivity contribution >= 4 is 23.2 Å². The van der Waals surface area contributed by atoms with Gasteiger partial charge in [-0.2, -0.15) is 5.26 Å². The summed E-state index contributed by atoms with van der Waals surface area (Å²) in [5, 5.41) is 12.6. The highest BCUT2D eigenvalue weighted by Gasteiger charge is 2.24. The number of piperazine rings is 1. The fourth-order valence-corrected chi connectivity index (χ4v) is 3.31. The number of aromatic nitrogens is 3. The summed E-state index contributed by atoms with van der Waals surface area (Å²) in [5.74, 6) is 2.81. The lowest BCUT2D eigenvalue weighted by Crippen LogP contribution is -2.47. The molecule has 3 aromatic rings. The fourth-order valence-electron chi connectivity index (χ4n) is 3.31. The molecule has 0 spiro atoms. The Morgan fingerprint density at radius 2 is 1.83 bits per heavy atom. The summed E-state index contributed by atoms with van der Waals surface area (Å²) in [6.45, 7) is 7.04. The van der Waals surface area contributed by atoms with Gasteiger partial charge in [-0.05, 0) is 19.1 Å². The highest BCUT2D eigenvalue weighted by molar-refractivity contribution is 5.60. The third kappa shape index (κ3) is 4.14. The molecule has 2 aromatic heterocycles. The summed E-state index contributed by atoms with van der Waals surface area (Å²) in [5.41, 5.74) is 2.57. The molecule has 1 N–H and O–H groups in total. The summed E-state index contributed by atoms with van der Waals surface area (Å²) in [6.07, 6.45) is 2.25. The molecule has 3 heterocycles. The van der Waals surface area contributed by atoms with E-state index in [9.17, 15) is 5.26 Å². The topological polar surface area (TPSA) is 94.1 Å². The molecule has 8 heteroatoms. The van der Waals surface area contributed by atoms with E-state index >= 15 is 0 Å². The van der Waals surface area contributed by atoms with Crippen LogP contribution in [-0.2, 0) is 6.42 Å². The van der Waals surface area contributed by atoms with Gasteiger partial charge >= 0.3 is 0 Å². The minimum atomic E-state index is 0.363. The highest BCUT2D eigenvalue weighted by atomic mass is 16.4. The second-order valence-corrected chi connectivity index (χ2v) is 6.95. The number of hydrogen-bond donors (Lipinski definition) is 1. The Labute approximate surface area is 169 Å². The molecular weight excluding hydrogens is 366 g/mol. The molecular formula is C21H23N7O. The second kappa shape index (κ2) is 8.19. The maximum Gasteiger partial charge on any atom is 0.234 e. The quantitative estimate of drug-likeness (QED) is 0.710. The number of nitrogens with one attached hydrogen (secondary N) is 1. The third-order valence-electron chi connectivity index (χ3n) is 4.93.